The average Bonchev–Trinajstić information content (AvgIpc) is 2.82. The summed E-state index contributed by atoms with van der Waals surface area (Å²) in [6, 6.07) is 20.0. The number of carboxylic acids is 1. The van der Waals surface area contributed by atoms with Gasteiger partial charge in [-0.25, -0.2) is 4.98 Å². The van der Waals surface area contributed by atoms with E-state index < -0.39 is 5.97 Å². The molecule has 166 valence electrons. The van der Waals surface area contributed by atoms with Crippen LogP contribution in [0.5, 0.6) is 5.75 Å². The molecule has 0 saturated carbocycles. The van der Waals surface area contributed by atoms with Crippen LogP contribution in [0.3, 0.4) is 0 Å². The lowest BCUT2D eigenvalue weighted by Crippen LogP contribution is -2.18. The quantitative estimate of drug-likeness (QED) is 0.438. The Balaban J connectivity index is 1.59. The van der Waals surface area contributed by atoms with Crippen molar-refractivity contribution < 1.29 is 19.4 Å². The van der Waals surface area contributed by atoms with Gasteiger partial charge in [-0.3, -0.25) is 9.59 Å². The summed E-state index contributed by atoms with van der Waals surface area (Å²) in [4.78, 5) is 26.6. The zero-order valence-corrected chi connectivity index (χ0v) is 18.2. The maximum absolute atomic E-state index is 11.8. The topological polar surface area (TPSA) is 101 Å². The maximum Gasteiger partial charge on any atom is 0.303 e. The molecular formula is C25H27N3O4. The Bertz CT molecular complexity index is 1050. The van der Waals surface area contributed by atoms with Crippen LogP contribution in [0.4, 0.5) is 5.82 Å². The standard InChI is InChI=1S/C25H27N3O4/c1-17(19-6-9-22(32-2)10-7-19)26-15-18-4-3-5-20(14-18)21-8-11-23(27-16-21)28-24(29)12-13-25(30)31/h3-11,14,16-17,26H,12-13,15H2,1-2H3,(H,30,31)(H,27,28,29). The summed E-state index contributed by atoms with van der Waals surface area (Å²) in [6.45, 7) is 2.84. The van der Waals surface area contributed by atoms with E-state index in [1.54, 1.807) is 19.4 Å². The van der Waals surface area contributed by atoms with E-state index in [1.807, 2.05) is 30.3 Å². The molecule has 0 radical (unpaired) electrons. The zero-order valence-electron chi connectivity index (χ0n) is 18.2. The number of ether oxygens (including phenoxy) is 1. The van der Waals surface area contributed by atoms with Gasteiger partial charge in [0.15, 0.2) is 0 Å². The number of benzene rings is 2. The third kappa shape index (κ3) is 6.65. The lowest BCUT2D eigenvalue weighted by Gasteiger charge is -2.15. The average molecular weight is 434 g/mol. The summed E-state index contributed by atoms with van der Waals surface area (Å²) in [6.07, 6.45) is 1.41. The van der Waals surface area contributed by atoms with Crippen molar-refractivity contribution in [1.29, 1.82) is 0 Å². The van der Waals surface area contributed by atoms with Crippen LogP contribution in [0.25, 0.3) is 11.1 Å². The summed E-state index contributed by atoms with van der Waals surface area (Å²) >= 11 is 0. The molecule has 3 N–H and O–H groups in total. The molecule has 1 heterocycles. The number of methoxy groups -OCH3 is 1. The van der Waals surface area contributed by atoms with Crippen LogP contribution in [-0.4, -0.2) is 29.1 Å². The molecule has 1 unspecified atom stereocenters. The molecule has 3 rings (SSSR count). The first kappa shape index (κ1) is 23.0. The third-order valence-corrected chi connectivity index (χ3v) is 5.09. The molecule has 0 fully saturated rings. The smallest absolute Gasteiger partial charge is 0.303 e. The number of hydrogen-bond acceptors (Lipinski definition) is 5. The minimum Gasteiger partial charge on any atom is -0.497 e. The fourth-order valence-electron chi connectivity index (χ4n) is 3.21. The second kappa shape index (κ2) is 11.1. The van der Waals surface area contributed by atoms with E-state index in [0.717, 1.165) is 22.4 Å². The van der Waals surface area contributed by atoms with Crippen molar-refractivity contribution in [2.45, 2.75) is 32.4 Å². The number of rotatable bonds is 10. The number of hydrogen-bond donors (Lipinski definition) is 3. The monoisotopic (exact) mass is 433 g/mol. The SMILES string of the molecule is COc1ccc(C(C)NCc2cccc(-c3ccc(NC(=O)CCC(=O)O)nc3)c2)cc1. The molecule has 1 atom stereocenters. The van der Waals surface area contributed by atoms with Gasteiger partial charge in [-0.1, -0.05) is 30.3 Å². The van der Waals surface area contributed by atoms with Gasteiger partial charge in [0, 0.05) is 30.8 Å². The summed E-state index contributed by atoms with van der Waals surface area (Å²) < 4.78 is 5.21. The number of pyridine rings is 1. The van der Waals surface area contributed by atoms with Gasteiger partial charge in [-0.2, -0.15) is 0 Å². The molecule has 2 aromatic carbocycles. The van der Waals surface area contributed by atoms with E-state index in [2.05, 4.69) is 46.8 Å². The number of carbonyl (C=O) groups excluding carboxylic acids is 1. The molecule has 0 aliphatic carbocycles. The first-order chi connectivity index (χ1) is 15.4. The van der Waals surface area contributed by atoms with Crippen LogP contribution < -0.4 is 15.4 Å². The minimum atomic E-state index is -1.00. The Morgan fingerprint density at radius 2 is 1.81 bits per heavy atom. The van der Waals surface area contributed by atoms with Crippen molar-refractivity contribution in [1.82, 2.24) is 10.3 Å². The zero-order chi connectivity index (χ0) is 22.9. The molecule has 0 aliphatic heterocycles. The maximum atomic E-state index is 11.8. The molecule has 3 aromatic rings. The van der Waals surface area contributed by atoms with Gasteiger partial charge < -0.3 is 20.5 Å². The lowest BCUT2D eigenvalue weighted by atomic mass is 10.0. The number of nitrogens with one attached hydrogen (secondary N) is 2. The molecule has 0 saturated heterocycles. The normalized spacial score (nSPS) is 11.6. The van der Waals surface area contributed by atoms with Crippen LogP contribution in [0.1, 0.15) is 36.9 Å². The lowest BCUT2D eigenvalue weighted by molar-refractivity contribution is -0.138. The van der Waals surface area contributed by atoms with Crippen LogP contribution in [0, 0.1) is 0 Å². The van der Waals surface area contributed by atoms with E-state index in [1.165, 1.54) is 5.56 Å². The van der Waals surface area contributed by atoms with Gasteiger partial charge in [-0.05, 0) is 53.9 Å². The highest BCUT2D eigenvalue weighted by molar-refractivity contribution is 5.91. The second-order valence-corrected chi connectivity index (χ2v) is 7.45. The summed E-state index contributed by atoms with van der Waals surface area (Å²) in [5.74, 6) is -0.133. The Kier molecular flexibility index (Phi) is 7.94. The highest BCUT2D eigenvalue weighted by Crippen LogP contribution is 2.22. The number of carboxylic acid groups (broad SMARTS) is 1. The number of carbonyl (C=O) groups is 2. The van der Waals surface area contributed by atoms with Crippen molar-refractivity contribution in [3.63, 3.8) is 0 Å². The van der Waals surface area contributed by atoms with E-state index in [0.29, 0.717) is 12.4 Å². The van der Waals surface area contributed by atoms with Crippen molar-refractivity contribution in [3.8, 4) is 16.9 Å². The molecule has 32 heavy (non-hydrogen) atoms. The fraction of sp³-hybridized carbons (Fsp3) is 0.240. The largest absolute Gasteiger partial charge is 0.497 e. The van der Waals surface area contributed by atoms with E-state index in [-0.39, 0.29) is 24.8 Å². The van der Waals surface area contributed by atoms with Gasteiger partial charge in [0.1, 0.15) is 11.6 Å². The number of amides is 1. The molecule has 0 spiro atoms. The summed E-state index contributed by atoms with van der Waals surface area (Å²) in [5, 5.41) is 14.8. The molecule has 7 heteroatoms. The minimum absolute atomic E-state index is 0.0806. The Hall–Kier alpha value is -3.71. The Morgan fingerprint density at radius 3 is 2.47 bits per heavy atom. The Morgan fingerprint density at radius 1 is 1.03 bits per heavy atom. The van der Waals surface area contributed by atoms with Crippen LogP contribution in [0.2, 0.25) is 0 Å². The molecule has 0 aliphatic rings. The predicted octanol–water partition coefficient (Wildman–Crippen LogP) is 4.41. The van der Waals surface area contributed by atoms with E-state index in [4.69, 9.17) is 9.84 Å². The second-order valence-electron chi connectivity index (χ2n) is 7.45. The molecule has 0 bridgehead atoms. The highest BCUT2D eigenvalue weighted by atomic mass is 16.5. The number of aromatic nitrogens is 1. The first-order valence-electron chi connectivity index (χ1n) is 10.4. The summed E-state index contributed by atoms with van der Waals surface area (Å²) in [5.41, 5.74) is 4.29. The van der Waals surface area contributed by atoms with Crippen LogP contribution in [-0.2, 0) is 16.1 Å². The van der Waals surface area contributed by atoms with Gasteiger partial charge in [-0.15, -0.1) is 0 Å². The van der Waals surface area contributed by atoms with E-state index in [9.17, 15) is 9.59 Å². The molecular weight excluding hydrogens is 406 g/mol. The molecule has 1 amide bonds. The number of anilines is 1. The van der Waals surface area contributed by atoms with Gasteiger partial charge >= 0.3 is 5.97 Å². The van der Waals surface area contributed by atoms with E-state index >= 15 is 0 Å². The summed E-state index contributed by atoms with van der Waals surface area (Å²) in [7, 11) is 1.66. The number of aliphatic carboxylic acids is 1. The van der Waals surface area contributed by atoms with Gasteiger partial charge in [0.2, 0.25) is 5.91 Å². The van der Waals surface area contributed by atoms with Crippen molar-refractivity contribution in [3.05, 3.63) is 78.0 Å². The predicted molar refractivity (Wildman–Crippen MR) is 123 cm³/mol. The van der Waals surface area contributed by atoms with Crippen molar-refractivity contribution in [2.24, 2.45) is 0 Å². The van der Waals surface area contributed by atoms with Crippen LogP contribution in [0.15, 0.2) is 66.9 Å². The fourth-order valence-corrected chi connectivity index (χ4v) is 3.21. The Labute approximate surface area is 187 Å². The van der Waals surface area contributed by atoms with Crippen LogP contribution >= 0.6 is 0 Å². The molecule has 7 nitrogen and oxygen atoms in total. The van der Waals surface area contributed by atoms with Gasteiger partial charge in [0.25, 0.3) is 0 Å². The third-order valence-electron chi connectivity index (χ3n) is 5.09. The number of nitrogens with zero attached hydrogens (tertiary/aromatic N) is 1. The van der Waals surface area contributed by atoms with Crippen molar-refractivity contribution in [2.75, 3.05) is 12.4 Å². The van der Waals surface area contributed by atoms with Crippen molar-refractivity contribution >= 4 is 17.7 Å². The van der Waals surface area contributed by atoms with Gasteiger partial charge in [0.05, 0.1) is 13.5 Å². The first-order valence-corrected chi connectivity index (χ1v) is 10.4. The molecule has 1 aromatic heterocycles. The highest BCUT2D eigenvalue weighted by Gasteiger charge is 2.08.